The normalized spacial score (nSPS) is 12.0. The highest BCUT2D eigenvalue weighted by Crippen LogP contribution is 2.32. The summed E-state index contributed by atoms with van der Waals surface area (Å²) >= 11 is 12.1. The number of rotatable bonds is 5. The van der Waals surface area contributed by atoms with Crippen LogP contribution < -0.4 is 9.47 Å². The van der Waals surface area contributed by atoms with Crippen molar-refractivity contribution in [2.75, 3.05) is 7.11 Å². The SMILES string of the molecule is COc1ccc(-c2nnc([C@@H](C)Oc3cc(Cl)ccc3Cl)o2)cc1. The zero-order valence-corrected chi connectivity index (χ0v) is 14.5. The maximum Gasteiger partial charge on any atom is 0.257 e. The first-order valence-electron chi connectivity index (χ1n) is 7.16. The van der Waals surface area contributed by atoms with Gasteiger partial charge in [0.1, 0.15) is 11.5 Å². The summed E-state index contributed by atoms with van der Waals surface area (Å²) in [6, 6.07) is 12.3. The van der Waals surface area contributed by atoms with Gasteiger partial charge in [0.2, 0.25) is 5.89 Å². The fourth-order valence-electron chi connectivity index (χ4n) is 2.06. The van der Waals surface area contributed by atoms with E-state index in [1.54, 1.807) is 32.2 Å². The highest BCUT2D eigenvalue weighted by Gasteiger charge is 2.18. The van der Waals surface area contributed by atoms with Gasteiger partial charge in [-0.15, -0.1) is 10.2 Å². The van der Waals surface area contributed by atoms with Crippen LogP contribution in [0.15, 0.2) is 46.9 Å². The summed E-state index contributed by atoms with van der Waals surface area (Å²) in [6.07, 6.45) is -0.472. The monoisotopic (exact) mass is 364 g/mol. The molecular weight excluding hydrogens is 351 g/mol. The van der Waals surface area contributed by atoms with Crippen LogP contribution in [-0.4, -0.2) is 17.3 Å². The van der Waals surface area contributed by atoms with E-state index >= 15 is 0 Å². The van der Waals surface area contributed by atoms with Crippen molar-refractivity contribution in [3.05, 3.63) is 58.4 Å². The molecule has 3 aromatic rings. The Labute approximate surface area is 149 Å². The molecule has 7 heteroatoms. The minimum absolute atomic E-state index is 0.344. The van der Waals surface area contributed by atoms with Crippen LogP contribution in [0, 0.1) is 0 Å². The van der Waals surface area contributed by atoms with E-state index in [0.29, 0.717) is 27.6 Å². The van der Waals surface area contributed by atoms with Gasteiger partial charge in [0.05, 0.1) is 12.1 Å². The lowest BCUT2D eigenvalue weighted by molar-refractivity contribution is 0.190. The summed E-state index contributed by atoms with van der Waals surface area (Å²) in [5.41, 5.74) is 0.794. The molecule has 1 heterocycles. The average molecular weight is 365 g/mol. The maximum atomic E-state index is 6.10. The fraction of sp³-hybridized carbons (Fsp3) is 0.176. The zero-order valence-electron chi connectivity index (χ0n) is 13.0. The molecular formula is C17H14Cl2N2O3. The minimum atomic E-state index is -0.472. The standard InChI is InChI=1S/C17H14Cl2N2O3/c1-10(23-15-9-12(18)5-8-14(15)19)16-20-21-17(24-16)11-3-6-13(22-2)7-4-11/h3-10H,1-2H3/t10-/m1/s1. The van der Waals surface area contributed by atoms with Gasteiger partial charge in [-0.3, -0.25) is 0 Å². The Kier molecular flexibility index (Phi) is 4.92. The third-order valence-corrected chi connectivity index (χ3v) is 3.87. The number of methoxy groups -OCH3 is 1. The molecule has 0 unspecified atom stereocenters. The predicted molar refractivity (Wildman–Crippen MR) is 91.8 cm³/mol. The molecule has 0 spiro atoms. The Morgan fingerprint density at radius 1 is 1.04 bits per heavy atom. The molecule has 0 aliphatic heterocycles. The molecule has 5 nitrogen and oxygen atoms in total. The van der Waals surface area contributed by atoms with Crippen LogP contribution in [0.4, 0.5) is 0 Å². The molecule has 24 heavy (non-hydrogen) atoms. The number of ether oxygens (including phenoxy) is 2. The number of hydrogen-bond donors (Lipinski definition) is 0. The number of hydrogen-bond acceptors (Lipinski definition) is 5. The first-order chi connectivity index (χ1) is 11.6. The Bertz CT molecular complexity index is 834. The first kappa shape index (κ1) is 16.6. The van der Waals surface area contributed by atoms with Crippen molar-refractivity contribution >= 4 is 23.2 Å². The molecule has 0 radical (unpaired) electrons. The quantitative estimate of drug-likeness (QED) is 0.623. The van der Waals surface area contributed by atoms with Gasteiger partial charge in [0.25, 0.3) is 5.89 Å². The lowest BCUT2D eigenvalue weighted by Crippen LogP contribution is -2.03. The molecule has 1 aromatic heterocycles. The molecule has 0 aliphatic carbocycles. The van der Waals surface area contributed by atoms with Crippen LogP contribution in [0.5, 0.6) is 11.5 Å². The molecule has 0 fully saturated rings. The first-order valence-corrected chi connectivity index (χ1v) is 7.92. The number of aromatic nitrogens is 2. The topological polar surface area (TPSA) is 57.4 Å². The molecule has 3 rings (SSSR count). The average Bonchev–Trinajstić information content (AvgIpc) is 3.08. The third kappa shape index (κ3) is 3.63. The van der Waals surface area contributed by atoms with Crippen molar-refractivity contribution in [1.29, 1.82) is 0 Å². The van der Waals surface area contributed by atoms with Crippen LogP contribution in [0.2, 0.25) is 10.0 Å². The van der Waals surface area contributed by atoms with Crippen molar-refractivity contribution in [1.82, 2.24) is 10.2 Å². The van der Waals surface area contributed by atoms with Gasteiger partial charge in [-0.2, -0.15) is 0 Å². The number of nitrogens with zero attached hydrogens (tertiary/aromatic N) is 2. The van der Waals surface area contributed by atoms with Crippen LogP contribution >= 0.6 is 23.2 Å². The Morgan fingerprint density at radius 3 is 2.50 bits per heavy atom. The van der Waals surface area contributed by atoms with E-state index in [4.69, 9.17) is 37.1 Å². The molecule has 0 saturated carbocycles. The molecule has 0 aliphatic rings. The summed E-state index contributed by atoms with van der Waals surface area (Å²) in [5, 5.41) is 9.08. The van der Waals surface area contributed by atoms with Crippen molar-refractivity contribution in [2.24, 2.45) is 0 Å². The van der Waals surface area contributed by atoms with E-state index in [9.17, 15) is 0 Å². The Balaban J connectivity index is 1.77. The van der Waals surface area contributed by atoms with Gasteiger partial charge in [-0.1, -0.05) is 23.2 Å². The molecule has 0 N–H and O–H groups in total. The van der Waals surface area contributed by atoms with E-state index in [2.05, 4.69) is 10.2 Å². The molecule has 124 valence electrons. The fourth-order valence-corrected chi connectivity index (χ4v) is 2.38. The van der Waals surface area contributed by atoms with E-state index < -0.39 is 6.10 Å². The number of halogens is 2. The summed E-state index contributed by atoms with van der Waals surface area (Å²) < 4.78 is 16.6. The van der Waals surface area contributed by atoms with Crippen molar-refractivity contribution < 1.29 is 13.9 Å². The highest BCUT2D eigenvalue weighted by atomic mass is 35.5. The predicted octanol–water partition coefficient (Wildman–Crippen LogP) is 5.19. The second kappa shape index (κ2) is 7.11. The molecule has 0 bridgehead atoms. The van der Waals surface area contributed by atoms with E-state index in [0.717, 1.165) is 11.3 Å². The summed E-state index contributed by atoms with van der Waals surface area (Å²) in [4.78, 5) is 0. The lowest BCUT2D eigenvalue weighted by Gasteiger charge is -2.12. The third-order valence-electron chi connectivity index (χ3n) is 3.32. The number of benzene rings is 2. The van der Waals surface area contributed by atoms with Crippen molar-refractivity contribution in [3.8, 4) is 23.0 Å². The lowest BCUT2D eigenvalue weighted by atomic mass is 10.2. The van der Waals surface area contributed by atoms with Crippen LogP contribution in [-0.2, 0) is 0 Å². The van der Waals surface area contributed by atoms with Gasteiger partial charge in [0, 0.05) is 16.7 Å². The van der Waals surface area contributed by atoms with Gasteiger partial charge >= 0.3 is 0 Å². The maximum absolute atomic E-state index is 6.10. The van der Waals surface area contributed by atoms with Crippen molar-refractivity contribution in [3.63, 3.8) is 0 Å². The second-order valence-electron chi connectivity index (χ2n) is 5.01. The molecule has 0 amide bonds. The molecule has 0 saturated heterocycles. The second-order valence-corrected chi connectivity index (χ2v) is 5.85. The van der Waals surface area contributed by atoms with Crippen LogP contribution in [0.1, 0.15) is 18.9 Å². The van der Waals surface area contributed by atoms with Crippen LogP contribution in [0.3, 0.4) is 0 Å². The molecule has 1 atom stereocenters. The van der Waals surface area contributed by atoms with E-state index in [-0.39, 0.29) is 0 Å². The zero-order chi connectivity index (χ0) is 17.1. The summed E-state index contributed by atoms with van der Waals surface area (Å²) in [6.45, 7) is 1.79. The van der Waals surface area contributed by atoms with Gasteiger partial charge in [0.15, 0.2) is 6.10 Å². The summed E-state index contributed by atoms with van der Waals surface area (Å²) in [7, 11) is 1.61. The van der Waals surface area contributed by atoms with Gasteiger partial charge in [-0.25, -0.2) is 0 Å². The van der Waals surface area contributed by atoms with Crippen LogP contribution in [0.25, 0.3) is 11.5 Å². The van der Waals surface area contributed by atoms with E-state index in [1.807, 2.05) is 24.3 Å². The smallest absolute Gasteiger partial charge is 0.257 e. The Hall–Kier alpha value is -2.24. The Morgan fingerprint density at radius 2 is 1.79 bits per heavy atom. The van der Waals surface area contributed by atoms with Crippen molar-refractivity contribution in [2.45, 2.75) is 13.0 Å². The van der Waals surface area contributed by atoms with Gasteiger partial charge in [-0.05, 0) is 43.3 Å². The minimum Gasteiger partial charge on any atom is -0.497 e. The molecule has 2 aromatic carbocycles. The highest BCUT2D eigenvalue weighted by molar-refractivity contribution is 6.34. The van der Waals surface area contributed by atoms with E-state index in [1.165, 1.54) is 0 Å². The largest absolute Gasteiger partial charge is 0.497 e. The van der Waals surface area contributed by atoms with Gasteiger partial charge < -0.3 is 13.9 Å². The summed E-state index contributed by atoms with van der Waals surface area (Å²) in [5.74, 6) is 1.96.